The molecule has 2 aromatic rings. The van der Waals surface area contributed by atoms with Crippen molar-refractivity contribution in [2.75, 3.05) is 19.6 Å². The number of aryl methyl sites for hydroxylation is 1. The second kappa shape index (κ2) is 12.9. The third-order valence-corrected chi connectivity index (χ3v) is 6.33. The van der Waals surface area contributed by atoms with E-state index in [0.717, 1.165) is 24.4 Å². The molecule has 39 heavy (non-hydrogen) atoms. The first-order valence-corrected chi connectivity index (χ1v) is 12.5. The van der Waals surface area contributed by atoms with Crippen LogP contribution in [0.4, 0.5) is 18.0 Å². The molecule has 2 aliphatic heterocycles. The molecule has 0 radical (unpaired) electrons. The molecule has 1 fully saturated rings. The Kier molecular flexibility index (Phi) is 9.83. The van der Waals surface area contributed by atoms with E-state index >= 15 is 0 Å². The molecule has 0 aliphatic carbocycles. The molecule has 3 amide bonds. The summed E-state index contributed by atoms with van der Waals surface area (Å²) in [6.45, 7) is 6.46. The van der Waals surface area contributed by atoms with Crippen LogP contribution in [0.2, 0.25) is 0 Å². The van der Waals surface area contributed by atoms with E-state index in [-0.39, 0.29) is 11.9 Å². The van der Waals surface area contributed by atoms with Crippen molar-refractivity contribution in [3.05, 3.63) is 42.0 Å². The number of likely N-dealkylation sites (tertiary alicyclic amines) is 1. The van der Waals surface area contributed by atoms with Gasteiger partial charge in [-0.2, -0.15) is 13.2 Å². The average Bonchev–Trinajstić information content (AvgIpc) is 3.38. The lowest BCUT2D eigenvalue weighted by Gasteiger charge is -2.45. The summed E-state index contributed by atoms with van der Waals surface area (Å²) in [6, 6.07) is -0.0408. The summed E-state index contributed by atoms with van der Waals surface area (Å²) >= 11 is 0. The van der Waals surface area contributed by atoms with Gasteiger partial charge in [-0.15, -0.1) is 0 Å². The van der Waals surface area contributed by atoms with E-state index in [2.05, 4.69) is 32.5 Å². The number of hydrogen-bond acceptors (Lipinski definition) is 7. The standard InChI is InChI=1S/C22H31N7O3.C2HF3O2/c1-3-4-7-24-21(31)28-9-5-22(6-10-28)20-23-8-11-29(20)15-18(32-22)19(30)27-14-17-13-25-16(2)12-26-17;3-2(4,5)1(6)7/h8,11-13,18H,3-7,9-10,14-15H2,1-2H3,(H,24,31)(H,27,30);(H,6,7). The molecule has 4 heterocycles. The molecule has 214 valence electrons. The normalized spacial score (nSPS) is 18.0. The largest absolute Gasteiger partial charge is 0.490 e. The van der Waals surface area contributed by atoms with E-state index in [0.29, 0.717) is 51.3 Å². The number of fused-ring (bicyclic) bond motifs is 2. The van der Waals surface area contributed by atoms with Gasteiger partial charge in [0, 0.05) is 51.1 Å². The topological polar surface area (TPSA) is 152 Å². The lowest BCUT2D eigenvalue weighted by atomic mass is 9.88. The molecule has 1 atom stereocenters. The maximum atomic E-state index is 12.9. The number of aromatic nitrogens is 4. The highest BCUT2D eigenvalue weighted by atomic mass is 19.4. The minimum Gasteiger partial charge on any atom is -0.475 e. The van der Waals surface area contributed by atoms with Crippen LogP contribution in [0.5, 0.6) is 0 Å². The highest BCUT2D eigenvalue weighted by Crippen LogP contribution is 2.40. The molecule has 3 N–H and O–H groups in total. The van der Waals surface area contributed by atoms with Gasteiger partial charge in [0.05, 0.1) is 30.7 Å². The minimum absolute atomic E-state index is 0.0408. The van der Waals surface area contributed by atoms with Crippen molar-refractivity contribution < 1.29 is 37.4 Å². The first-order chi connectivity index (χ1) is 18.4. The van der Waals surface area contributed by atoms with Crippen LogP contribution in [0.3, 0.4) is 0 Å². The molecule has 4 rings (SSSR count). The van der Waals surface area contributed by atoms with E-state index in [4.69, 9.17) is 14.6 Å². The Morgan fingerprint density at radius 2 is 1.85 bits per heavy atom. The number of halogens is 3. The molecule has 2 aliphatic rings. The number of nitrogens with one attached hydrogen (secondary N) is 2. The van der Waals surface area contributed by atoms with Crippen LogP contribution in [0, 0.1) is 6.92 Å². The van der Waals surface area contributed by atoms with Crippen LogP contribution in [0.25, 0.3) is 0 Å². The molecule has 15 heteroatoms. The van der Waals surface area contributed by atoms with Crippen molar-refractivity contribution in [2.24, 2.45) is 0 Å². The number of carbonyl (C=O) groups excluding carboxylic acids is 2. The van der Waals surface area contributed by atoms with Crippen molar-refractivity contribution in [1.29, 1.82) is 0 Å². The van der Waals surface area contributed by atoms with Crippen LogP contribution in [0.1, 0.15) is 49.8 Å². The number of carboxylic acids is 1. The van der Waals surface area contributed by atoms with Crippen molar-refractivity contribution >= 4 is 17.9 Å². The van der Waals surface area contributed by atoms with E-state index in [1.165, 1.54) is 0 Å². The van der Waals surface area contributed by atoms with Crippen molar-refractivity contribution in [3.8, 4) is 0 Å². The van der Waals surface area contributed by atoms with E-state index < -0.39 is 23.9 Å². The second-order valence-corrected chi connectivity index (χ2v) is 9.25. The number of aliphatic carboxylic acids is 1. The Morgan fingerprint density at radius 1 is 1.15 bits per heavy atom. The van der Waals surface area contributed by atoms with E-state index in [1.54, 1.807) is 18.6 Å². The summed E-state index contributed by atoms with van der Waals surface area (Å²) in [5.74, 6) is -2.12. The summed E-state index contributed by atoms with van der Waals surface area (Å²) in [4.78, 5) is 49.1. The Balaban J connectivity index is 0.000000532. The number of urea groups is 1. The maximum Gasteiger partial charge on any atom is 0.490 e. The van der Waals surface area contributed by atoms with Gasteiger partial charge in [-0.3, -0.25) is 14.8 Å². The van der Waals surface area contributed by atoms with Gasteiger partial charge in [-0.1, -0.05) is 13.3 Å². The highest BCUT2D eigenvalue weighted by Gasteiger charge is 2.47. The molecule has 0 bridgehead atoms. The van der Waals surface area contributed by atoms with E-state index in [1.807, 2.05) is 22.6 Å². The molecule has 0 aromatic carbocycles. The molecular weight excluding hydrogens is 523 g/mol. The minimum atomic E-state index is -5.08. The van der Waals surface area contributed by atoms with Gasteiger partial charge >= 0.3 is 18.2 Å². The third kappa shape index (κ3) is 7.88. The Bertz CT molecular complexity index is 1130. The number of hydrogen-bond donors (Lipinski definition) is 3. The molecule has 1 saturated heterocycles. The zero-order chi connectivity index (χ0) is 28.6. The Morgan fingerprint density at radius 3 is 2.44 bits per heavy atom. The summed E-state index contributed by atoms with van der Waals surface area (Å²) in [5.41, 5.74) is 0.851. The number of ether oxygens (including phenoxy) is 1. The number of alkyl halides is 3. The monoisotopic (exact) mass is 555 g/mol. The van der Waals surface area contributed by atoms with Crippen LogP contribution in [-0.4, -0.2) is 79.3 Å². The molecule has 2 aromatic heterocycles. The van der Waals surface area contributed by atoms with Gasteiger partial charge < -0.3 is 29.9 Å². The Hall–Kier alpha value is -3.75. The average molecular weight is 556 g/mol. The van der Waals surface area contributed by atoms with Gasteiger partial charge in [-0.05, 0) is 13.3 Å². The third-order valence-electron chi connectivity index (χ3n) is 6.33. The summed E-state index contributed by atoms with van der Waals surface area (Å²) in [6.07, 6.45) is 4.44. The number of amides is 3. The quantitative estimate of drug-likeness (QED) is 0.459. The highest BCUT2D eigenvalue weighted by molar-refractivity contribution is 5.81. The summed E-state index contributed by atoms with van der Waals surface area (Å²) < 4.78 is 40.1. The lowest BCUT2D eigenvalue weighted by molar-refractivity contribution is -0.192. The number of carboxylic acid groups (broad SMARTS) is 1. The number of carbonyl (C=O) groups is 3. The Labute approximate surface area is 223 Å². The molecule has 12 nitrogen and oxygen atoms in total. The van der Waals surface area contributed by atoms with Crippen LogP contribution in [0.15, 0.2) is 24.8 Å². The zero-order valence-corrected chi connectivity index (χ0v) is 21.7. The summed E-state index contributed by atoms with van der Waals surface area (Å²) in [5, 5.41) is 13.0. The molecule has 1 spiro atoms. The van der Waals surface area contributed by atoms with Crippen LogP contribution in [-0.2, 0) is 33.0 Å². The first-order valence-electron chi connectivity index (χ1n) is 12.5. The number of imidazole rings is 1. The van der Waals surface area contributed by atoms with E-state index in [9.17, 15) is 22.8 Å². The number of rotatable bonds is 6. The van der Waals surface area contributed by atoms with Gasteiger partial charge in [0.2, 0.25) is 0 Å². The van der Waals surface area contributed by atoms with Gasteiger partial charge in [0.1, 0.15) is 11.4 Å². The fourth-order valence-electron chi connectivity index (χ4n) is 4.23. The molecular formula is C24H32F3N7O5. The summed E-state index contributed by atoms with van der Waals surface area (Å²) in [7, 11) is 0. The lowest BCUT2D eigenvalue weighted by Crippen LogP contribution is -2.55. The van der Waals surface area contributed by atoms with Crippen molar-refractivity contribution in [2.45, 2.75) is 70.5 Å². The number of unbranched alkanes of at least 4 members (excludes halogenated alkanes) is 1. The fraction of sp³-hybridized carbons (Fsp3) is 0.583. The fourth-order valence-corrected chi connectivity index (χ4v) is 4.23. The predicted molar refractivity (Wildman–Crippen MR) is 130 cm³/mol. The number of piperidine rings is 1. The van der Waals surface area contributed by atoms with Crippen molar-refractivity contribution in [1.82, 2.24) is 35.1 Å². The second-order valence-electron chi connectivity index (χ2n) is 9.25. The van der Waals surface area contributed by atoms with Crippen molar-refractivity contribution in [3.63, 3.8) is 0 Å². The SMILES string of the molecule is CCCCNC(=O)N1CCC2(CC1)OC(C(=O)NCc1cnc(C)cn1)Cn1ccnc12.O=C(O)C(F)(F)F. The zero-order valence-electron chi connectivity index (χ0n) is 21.7. The first kappa shape index (κ1) is 29.8. The van der Waals surface area contributed by atoms with Gasteiger partial charge in [-0.25, -0.2) is 14.6 Å². The van der Waals surface area contributed by atoms with Crippen LogP contribution < -0.4 is 10.6 Å². The molecule has 1 unspecified atom stereocenters. The van der Waals surface area contributed by atoms with Gasteiger partial charge in [0.25, 0.3) is 5.91 Å². The maximum absolute atomic E-state index is 12.9. The van der Waals surface area contributed by atoms with Crippen LogP contribution >= 0.6 is 0 Å². The smallest absolute Gasteiger partial charge is 0.475 e. The number of nitrogens with zero attached hydrogens (tertiary/aromatic N) is 5. The van der Waals surface area contributed by atoms with Gasteiger partial charge in [0.15, 0.2) is 6.10 Å². The predicted octanol–water partition coefficient (Wildman–Crippen LogP) is 2.13. The molecule has 0 saturated carbocycles.